The second-order valence-electron chi connectivity index (χ2n) is 6.16. The number of nitrogens with zero attached hydrogens (tertiary/aromatic N) is 2. The average molecular weight is 270 g/mol. The second kappa shape index (κ2) is 7.22. The molecule has 1 aliphatic rings. The summed E-state index contributed by atoms with van der Waals surface area (Å²) in [6.45, 7) is 9.04. The number of nitrogens with two attached hydrogens (primary N) is 1. The number of hydrogen-bond donors (Lipinski definition) is 2. The highest BCUT2D eigenvalue weighted by Crippen LogP contribution is 2.16. The van der Waals surface area contributed by atoms with E-state index >= 15 is 0 Å². The summed E-state index contributed by atoms with van der Waals surface area (Å²) < 4.78 is 0. The van der Waals surface area contributed by atoms with E-state index in [1.54, 1.807) is 0 Å². The van der Waals surface area contributed by atoms with Crippen molar-refractivity contribution in [3.63, 3.8) is 0 Å². The van der Waals surface area contributed by atoms with Crippen molar-refractivity contribution in [1.82, 2.24) is 15.1 Å². The van der Waals surface area contributed by atoms with Gasteiger partial charge in [0.2, 0.25) is 5.91 Å². The van der Waals surface area contributed by atoms with E-state index in [0.29, 0.717) is 0 Å². The van der Waals surface area contributed by atoms with Gasteiger partial charge in [-0.25, -0.2) is 0 Å². The van der Waals surface area contributed by atoms with Crippen LogP contribution in [0.5, 0.6) is 0 Å². The lowest BCUT2D eigenvalue weighted by Crippen LogP contribution is -2.54. The fourth-order valence-electron chi connectivity index (χ4n) is 2.81. The number of likely N-dealkylation sites (N-methyl/N-ethyl adjacent to an activating group) is 1. The largest absolute Gasteiger partial charge is 0.368 e. The molecule has 3 N–H and O–H groups in total. The molecule has 2 unspecified atom stereocenters. The lowest BCUT2D eigenvalue weighted by molar-refractivity contribution is -0.124. The van der Waals surface area contributed by atoms with Crippen molar-refractivity contribution in [3.05, 3.63) is 0 Å². The first kappa shape index (κ1) is 16.4. The van der Waals surface area contributed by atoms with Crippen LogP contribution in [0.15, 0.2) is 0 Å². The van der Waals surface area contributed by atoms with E-state index in [1.165, 1.54) is 19.5 Å². The van der Waals surface area contributed by atoms with Gasteiger partial charge in [-0.15, -0.1) is 0 Å². The maximum Gasteiger partial charge on any atom is 0.237 e. The average Bonchev–Trinajstić information content (AvgIpc) is 2.72. The third kappa shape index (κ3) is 5.09. The number of likely N-dealkylation sites (tertiary alicyclic amines) is 1. The molecule has 0 aliphatic carbocycles. The van der Waals surface area contributed by atoms with Crippen LogP contribution in [0.3, 0.4) is 0 Å². The summed E-state index contributed by atoms with van der Waals surface area (Å²) in [7, 11) is 4.31. The minimum absolute atomic E-state index is 0.261. The normalized spacial score (nSPS) is 23.7. The maximum atomic E-state index is 11.5. The lowest BCUT2D eigenvalue weighted by atomic mass is 9.96. The van der Waals surface area contributed by atoms with E-state index in [1.807, 2.05) is 13.8 Å². The van der Waals surface area contributed by atoms with Crippen LogP contribution < -0.4 is 11.1 Å². The number of primary amides is 1. The van der Waals surface area contributed by atoms with Crippen LogP contribution in [-0.4, -0.2) is 68.1 Å². The predicted octanol–water partition coefficient (Wildman–Crippen LogP) is 0.114. The molecule has 1 aliphatic heterocycles. The highest BCUT2D eigenvalue weighted by molar-refractivity contribution is 5.84. The minimum atomic E-state index is -0.588. The van der Waals surface area contributed by atoms with E-state index in [4.69, 9.17) is 5.73 Å². The first-order chi connectivity index (χ1) is 8.87. The fourth-order valence-corrected chi connectivity index (χ4v) is 2.81. The molecule has 1 heterocycles. The van der Waals surface area contributed by atoms with Crippen LogP contribution >= 0.6 is 0 Å². The van der Waals surface area contributed by atoms with E-state index < -0.39 is 5.54 Å². The fraction of sp³-hybridized carbons (Fsp3) is 0.929. The number of carbonyl (C=O) groups is 1. The van der Waals surface area contributed by atoms with Crippen molar-refractivity contribution in [2.45, 2.75) is 32.2 Å². The molecule has 5 nitrogen and oxygen atoms in total. The molecular formula is C14H30N4O. The van der Waals surface area contributed by atoms with Crippen molar-refractivity contribution in [2.24, 2.45) is 11.7 Å². The van der Waals surface area contributed by atoms with Gasteiger partial charge in [0.05, 0.1) is 5.54 Å². The summed E-state index contributed by atoms with van der Waals surface area (Å²) in [6, 6.07) is 0. The van der Waals surface area contributed by atoms with Gasteiger partial charge in [0.25, 0.3) is 0 Å². The predicted molar refractivity (Wildman–Crippen MR) is 79.0 cm³/mol. The van der Waals surface area contributed by atoms with Crippen molar-refractivity contribution in [3.8, 4) is 0 Å². The van der Waals surface area contributed by atoms with Gasteiger partial charge in [0.1, 0.15) is 0 Å². The van der Waals surface area contributed by atoms with Crippen LogP contribution in [0.2, 0.25) is 0 Å². The van der Waals surface area contributed by atoms with Gasteiger partial charge in [0.15, 0.2) is 0 Å². The molecule has 0 radical (unpaired) electrons. The number of nitrogens with one attached hydrogen (secondary N) is 1. The highest BCUT2D eigenvalue weighted by Gasteiger charge is 2.30. The standard InChI is InChI=1S/C14H30N4O/c1-5-16-14(2,13(15)19)7-9-18(4)11-12-6-8-17(3)10-12/h12,16H,5-11H2,1-4H3,(H2,15,19). The quantitative estimate of drug-likeness (QED) is 0.657. The Kier molecular flexibility index (Phi) is 6.23. The zero-order chi connectivity index (χ0) is 14.5. The van der Waals surface area contributed by atoms with Gasteiger partial charge in [-0.05, 0) is 52.9 Å². The lowest BCUT2D eigenvalue weighted by Gasteiger charge is -2.30. The smallest absolute Gasteiger partial charge is 0.237 e. The summed E-state index contributed by atoms with van der Waals surface area (Å²) in [5.41, 5.74) is 4.91. The third-order valence-corrected chi connectivity index (χ3v) is 4.16. The van der Waals surface area contributed by atoms with E-state index in [9.17, 15) is 4.79 Å². The molecule has 1 rings (SSSR count). The number of hydrogen-bond acceptors (Lipinski definition) is 4. The SMILES string of the molecule is CCNC(C)(CCN(C)CC1CCN(C)C1)C(N)=O. The number of amides is 1. The van der Waals surface area contributed by atoms with Crippen LogP contribution in [-0.2, 0) is 4.79 Å². The maximum absolute atomic E-state index is 11.5. The zero-order valence-electron chi connectivity index (χ0n) is 12.9. The second-order valence-corrected chi connectivity index (χ2v) is 6.16. The van der Waals surface area contributed by atoms with E-state index in [2.05, 4.69) is 29.2 Å². The molecule has 0 spiro atoms. The van der Waals surface area contributed by atoms with Gasteiger partial charge < -0.3 is 20.9 Å². The molecule has 5 heteroatoms. The molecule has 0 bridgehead atoms. The summed E-state index contributed by atoms with van der Waals surface area (Å²) in [4.78, 5) is 16.2. The highest BCUT2D eigenvalue weighted by atomic mass is 16.1. The zero-order valence-corrected chi connectivity index (χ0v) is 12.9. The van der Waals surface area contributed by atoms with Gasteiger partial charge in [-0.2, -0.15) is 0 Å². The number of rotatable bonds is 8. The minimum Gasteiger partial charge on any atom is -0.368 e. The van der Waals surface area contributed by atoms with Crippen molar-refractivity contribution in [1.29, 1.82) is 0 Å². The summed E-state index contributed by atoms with van der Waals surface area (Å²) in [5.74, 6) is 0.498. The molecule has 0 aromatic rings. The number of carbonyl (C=O) groups excluding carboxylic acids is 1. The Morgan fingerprint density at radius 3 is 2.74 bits per heavy atom. The summed E-state index contributed by atoms with van der Waals surface area (Å²) in [6.07, 6.45) is 2.04. The monoisotopic (exact) mass is 270 g/mol. The van der Waals surface area contributed by atoms with Crippen LogP contribution in [0, 0.1) is 5.92 Å². The third-order valence-electron chi connectivity index (χ3n) is 4.16. The first-order valence-corrected chi connectivity index (χ1v) is 7.29. The Hall–Kier alpha value is -0.650. The van der Waals surface area contributed by atoms with E-state index in [0.717, 1.165) is 32.0 Å². The van der Waals surface area contributed by atoms with Gasteiger partial charge >= 0.3 is 0 Å². The molecular weight excluding hydrogens is 240 g/mol. The first-order valence-electron chi connectivity index (χ1n) is 7.29. The van der Waals surface area contributed by atoms with Crippen molar-refractivity contribution < 1.29 is 4.79 Å². The molecule has 19 heavy (non-hydrogen) atoms. The molecule has 2 atom stereocenters. The molecule has 1 fully saturated rings. The molecule has 0 saturated carbocycles. The van der Waals surface area contributed by atoms with Crippen LogP contribution in [0.25, 0.3) is 0 Å². The topological polar surface area (TPSA) is 61.6 Å². The Morgan fingerprint density at radius 2 is 2.26 bits per heavy atom. The molecule has 1 amide bonds. The van der Waals surface area contributed by atoms with Crippen LogP contribution in [0.1, 0.15) is 26.7 Å². The Morgan fingerprint density at radius 1 is 1.58 bits per heavy atom. The molecule has 0 aromatic heterocycles. The van der Waals surface area contributed by atoms with Gasteiger partial charge in [-0.1, -0.05) is 6.92 Å². The Balaban J connectivity index is 2.35. The Labute approximate surface area is 117 Å². The van der Waals surface area contributed by atoms with E-state index in [-0.39, 0.29) is 5.91 Å². The van der Waals surface area contributed by atoms with Gasteiger partial charge in [-0.3, -0.25) is 4.79 Å². The van der Waals surface area contributed by atoms with Gasteiger partial charge in [0, 0.05) is 19.6 Å². The summed E-state index contributed by atoms with van der Waals surface area (Å²) in [5, 5.41) is 3.21. The van der Waals surface area contributed by atoms with Crippen molar-refractivity contribution >= 4 is 5.91 Å². The van der Waals surface area contributed by atoms with Crippen molar-refractivity contribution in [2.75, 3.05) is 46.8 Å². The van der Waals surface area contributed by atoms with Crippen LogP contribution in [0.4, 0.5) is 0 Å². The molecule has 112 valence electrons. The molecule has 0 aromatic carbocycles. The Bertz CT molecular complexity index is 297. The summed E-state index contributed by atoms with van der Waals surface area (Å²) >= 11 is 0. The molecule has 1 saturated heterocycles.